The van der Waals surface area contributed by atoms with Crippen LogP contribution in [0.3, 0.4) is 0 Å². The van der Waals surface area contributed by atoms with Gasteiger partial charge in [0, 0.05) is 13.1 Å². The molecule has 1 amide bonds. The molecule has 7 nitrogen and oxygen atoms in total. The van der Waals surface area contributed by atoms with Gasteiger partial charge in [-0.2, -0.15) is 4.73 Å². The molecule has 0 fully saturated rings. The highest BCUT2D eigenvalue weighted by Crippen LogP contribution is 2.09. The Bertz CT molecular complexity index is 489. The minimum atomic E-state index is -0.691. The molecule has 80 valence electrons. The van der Waals surface area contributed by atoms with Crippen molar-refractivity contribution >= 4 is 11.6 Å². The van der Waals surface area contributed by atoms with Crippen LogP contribution in [0.15, 0.2) is 17.3 Å². The molecule has 7 heteroatoms. The highest BCUT2D eigenvalue weighted by Gasteiger charge is 2.16. The Kier molecular flexibility index (Phi) is 2.84. The van der Waals surface area contributed by atoms with Crippen molar-refractivity contribution in [2.45, 2.75) is 13.8 Å². The molecule has 0 atom stereocenters. The molecule has 0 aliphatic heterocycles. The van der Waals surface area contributed by atoms with Crippen LogP contribution < -0.4 is 5.36 Å². The van der Waals surface area contributed by atoms with Crippen LogP contribution in [-0.4, -0.2) is 20.8 Å². The van der Waals surface area contributed by atoms with Gasteiger partial charge in [-0.05, 0) is 13.0 Å². The first-order valence-corrected chi connectivity index (χ1v) is 4.04. The lowest BCUT2D eigenvalue weighted by atomic mass is 10.3. The highest BCUT2D eigenvalue weighted by atomic mass is 16.6. The van der Waals surface area contributed by atoms with Gasteiger partial charge >= 0.3 is 5.69 Å². The lowest BCUT2D eigenvalue weighted by Gasteiger charge is -2.02. The van der Waals surface area contributed by atoms with E-state index in [1.807, 2.05) is 0 Å². The maximum Gasteiger partial charge on any atom is 0.317 e. The summed E-state index contributed by atoms with van der Waals surface area (Å²) in [4.78, 5) is 24.2. The van der Waals surface area contributed by atoms with Crippen molar-refractivity contribution in [3.63, 3.8) is 0 Å². The molecule has 0 saturated heterocycles. The van der Waals surface area contributed by atoms with E-state index in [-0.39, 0.29) is 16.7 Å². The molecule has 0 aromatic carbocycles. The number of pyridine rings is 1. The molecule has 0 aliphatic carbocycles. The SMILES string of the molecule is CC(=O)N=c1ccn(O)c(C)c1[N+](=O)[O-]. The summed E-state index contributed by atoms with van der Waals surface area (Å²) in [6, 6.07) is 1.20. The third kappa shape index (κ3) is 2.19. The van der Waals surface area contributed by atoms with Crippen LogP contribution in [0.2, 0.25) is 0 Å². The van der Waals surface area contributed by atoms with Crippen molar-refractivity contribution in [3.05, 3.63) is 33.4 Å². The molecule has 0 saturated carbocycles. The number of rotatable bonds is 1. The molecule has 0 spiro atoms. The second-order valence-electron chi connectivity index (χ2n) is 2.87. The van der Waals surface area contributed by atoms with E-state index in [9.17, 15) is 20.1 Å². The van der Waals surface area contributed by atoms with E-state index < -0.39 is 10.8 Å². The van der Waals surface area contributed by atoms with Gasteiger partial charge in [0.25, 0.3) is 0 Å². The Morgan fingerprint density at radius 2 is 2.27 bits per heavy atom. The van der Waals surface area contributed by atoms with Gasteiger partial charge in [-0.1, -0.05) is 0 Å². The molecular formula is C8H9N3O4. The van der Waals surface area contributed by atoms with Crippen LogP contribution in [0.4, 0.5) is 5.69 Å². The van der Waals surface area contributed by atoms with Crippen molar-refractivity contribution in [2.24, 2.45) is 4.99 Å². The molecule has 1 N–H and O–H groups in total. The maximum atomic E-state index is 10.7. The van der Waals surface area contributed by atoms with E-state index in [1.165, 1.54) is 26.1 Å². The minimum absolute atomic E-state index is 0.0162. The number of carbonyl (C=O) groups excluding carboxylic acids is 1. The number of carbonyl (C=O) groups is 1. The predicted molar refractivity (Wildman–Crippen MR) is 49.3 cm³/mol. The summed E-state index contributed by atoms with van der Waals surface area (Å²) in [6.45, 7) is 2.55. The Labute approximate surface area is 84.4 Å². The van der Waals surface area contributed by atoms with Gasteiger partial charge in [-0.15, -0.1) is 0 Å². The lowest BCUT2D eigenvalue weighted by molar-refractivity contribution is -0.387. The van der Waals surface area contributed by atoms with E-state index in [4.69, 9.17) is 0 Å². The summed E-state index contributed by atoms with van der Waals surface area (Å²) < 4.78 is 0.608. The summed E-state index contributed by atoms with van der Waals surface area (Å²) >= 11 is 0. The van der Waals surface area contributed by atoms with Crippen LogP contribution in [0.25, 0.3) is 0 Å². The number of amides is 1. The van der Waals surface area contributed by atoms with E-state index in [0.717, 1.165) is 0 Å². The smallest absolute Gasteiger partial charge is 0.317 e. The quantitative estimate of drug-likeness (QED) is 0.412. The molecular weight excluding hydrogens is 202 g/mol. The van der Waals surface area contributed by atoms with E-state index >= 15 is 0 Å². The monoisotopic (exact) mass is 211 g/mol. The van der Waals surface area contributed by atoms with Gasteiger partial charge in [0.15, 0.2) is 0 Å². The molecule has 1 heterocycles. The molecule has 0 radical (unpaired) electrons. The van der Waals surface area contributed by atoms with Crippen molar-refractivity contribution < 1.29 is 14.9 Å². The van der Waals surface area contributed by atoms with Gasteiger partial charge in [0.1, 0.15) is 11.1 Å². The number of hydrogen-bond donors (Lipinski definition) is 1. The highest BCUT2D eigenvalue weighted by molar-refractivity contribution is 5.74. The summed E-state index contributed by atoms with van der Waals surface area (Å²) in [7, 11) is 0. The first-order valence-electron chi connectivity index (χ1n) is 4.04. The zero-order chi connectivity index (χ0) is 11.6. The van der Waals surface area contributed by atoms with Crippen molar-refractivity contribution in [1.29, 1.82) is 0 Å². The van der Waals surface area contributed by atoms with Crippen molar-refractivity contribution in [2.75, 3.05) is 0 Å². The lowest BCUT2D eigenvalue weighted by Crippen LogP contribution is -2.16. The van der Waals surface area contributed by atoms with Gasteiger partial charge in [0.2, 0.25) is 5.91 Å². The Balaban J connectivity index is 3.61. The molecule has 15 heavy (non-hydrogen) atoms. The minimum Gasteiger partial charge on any atom is -0.429 e. The fraction of sp³-hybridized carbons (Fsp3) is 0.250. The van der Waals surface area contributed by atoms with Crippen LogP contribution in [0, 0.1) is 17.0 Å². The topological polar surface area (TPSA) is 97.7 Å². The molecule has 0 aliphatic rings. The van der Waals surface area contributed by atoms with Crippen LogP contribution in [0.5, 0.6) is 0 Å². The van der Waals surface area contributed by atoms with E-state index in [1.54, 1.807) is 0 Å². The van der Waals surface area contributed by atoms with Gasteiger partial charge in [0.05, 0.1) is 4.92 Å². The largest absolute Gasteiger partial charge is 0.429 e. The second kappa shape index (κ2) is 3.91. The van der Waals surface area contributed by atoms with Gasteiger partial charge in [-0.25, -0.2) is 4.99 Å². The van der Waals surface area contributed by atoms with Crippen LogP contribution in [0.1, 0.15) is 12.6 Å². The third-order valence-electron chi connectivity index (χ3n) is 1.76. The Morgan fingerprint density at radius 3 is 2.73 bits per heavy atom. The molecule has 0 unspecified atom stereocenters. The second-order valence-corrected chi connectivity index (χ2v) is 2.87. The summed E-state index contributed by atoms with van der Waals surface area (Å²) in [5, 5.41) is 19.8. The molecule has 1 aromatic rings. The maximum absolute atomic E-state index is 10.7. The average molecular weight is 211 g/mol. The Hall–Kier alpha value is -2.18. The molecule has 0 bridgehead atoms. The zero-order valence-corrected chi connectivity index (χ0v) is 8.17. The fourth-order valence-electron chi connectivity index (χ4n) is 1.11. The van der Waals surface area contributed by atoms with E-state index in [0.29, 0.717) is 4.73 Å². The summed E-state index contributed by atoms with van der Waals surface area (Å²) in [5.74, 6) is -0.534. The van der Waals surface area contributed by atoms with Crippen LogP contribution in [-0.2, 0) is 4.79 Å². The molecule has 1 rings (SSSR count). The van der Waals surface area contributed by atoms with Gasteiger partial charge in [-0.3, -0.25) is 14.9 Å². The normalized spacial score (nSPS) is 11.5. The number of nitrogens with zero attached hydrogens (tertiary/aromatic N) is 3. The molecule has 1 aromatic heterocycles. The fourth-order valence-corrected chi connectivity index (χ4v) is 1.11. The van der Waals surface area contributed by atoms with Crippen molar-refractivity contribution in [3.8, 4) is 0 Å². The number of nitro groups is 1. The van der Waals surface area contributed by atoms with E-state index in [2.05, 4.69) is 4.99 Å². The van der Waals surface area contributed by atoms with Crippen molar-refractivity contribution in [1.82, 2.24) is 4.73 Å². The summed E-state index contributed by atoms with van der Waals surface area (Å²) in [5.41, 5.74) is -0.363. The Morgan fingerprint density at radius 1 is 1.67 bits per heavy atom. The standard InChI is InChI=1S/C8H9N3O4/c1-5-8(11(14)15)7(9-6(2)12)3-4-10(5)13/h3-4,13H,1-2H3. The first kappa shape index (κ1) is 10.9. The van der Waals surface area contributed by atoms with Gasteiger partial charge < -0.3 is 5.21 Å². The predicted octanol–water partition coefficient (Wildman–Crippen LogP) is 0.389. The third-order valence-corrected chi connectivity index (χ3v) is 1.76. The number of aromatic nitrogens is 1. The first-order chi connectivity index (χ1) is 6.93. The number of hydrogen-bond acceptors (Lipinski definition) is 4. The zero-order valence-electron chi connectivity index (χ0n) is 8.17. The van der Waals surface area contributed by atoms with Crippen LogP contribution >= 0.6 is 0 Å². The summed E-state index contributed by atoms with van der Waals surface area (Å²) in [6.07, 6.45) is 1.18. The average Bonchev–Trinajstić information content (AvgIpc) is 2.10.